The summed E-state index contributed by atoms with van der Waals surface area (Å²) >= 11 is 5.75. The van der Waals surface area contributed by atoms with Crippen LogP contribution in [0.2, 0.25) is 5.02 Å². The smallest absolute Gasteiger partial charge is 0.224 e. The molecular formula is C16H14ClF2NO2. The molecule has 1 amide bonds. The van der Waals surface area contributed by atoms with E-state index in [2.05, 4.69) is 5.32 Å². The van der Waals surface area contributed by atoms with Crippen LogP contribution < -0.4 is 10.1 Å². The van der Waals surface area contributed by atoms with Gasteiger partial charge < -0.3 is 10.1 Å². The molecule has 2 aromatic carbocycles. The lowest BCUT2D eigenvalue weighted by molar-refractivity contribution is -0.116. The van der Waals surface area contributed by atoms with Crippen molar-refractivity contribution in [1.29, 1.82) is 0 Å². The van der Waals surface area contributed by atoms with Crippen molar-refractivity contribution in [2.24, 2.45) is 0 Å². The predicted octanol–water partition coefficient (Wildman–Crippen LogP) is 4.42. The Bertz CT molecular complexity index is 647. The van der Waals surface area contributed by atoms with Crippen LogP contribution >= 0.6 is 11.6 Å². The van der Waals surface area contributed by atoms with Crippen molar-refractivity contribution in [3.63, 3.8) is 0 Å². The number of nitrogens with one attached hydrogen (secondary N) is 1. The molecule has 6 heteroatoms. The summed E-state index contributed by atoms with van der Waals surface area (Å²) in [4.78, 5) is 11.7. The molecule has 0 heterocycles. The maximum absolute atomic E-state index is 13.0. The van der Waals surface area contributed by atoms with Gasteiger partial charge in [0.05, 0.1) is 6.61 Å². The average molecular weight is 326 g/mol. The largest absolute Gasteiger partial charge is 0.494 e. The summed E-state index contributed by atoms with van der Waals surface area (Å²) in [5.41, 5.74) is 0.225. The number of carbonyl (C=O) groups is 1. The van der Waals surface area contributed by atoms with Crippen LogP contribution in [0.1, 0.15) is 12.8 Å². The molecular weight excluding hydrogens is 312 g/mol. The summed E-state index contributed by atoms with van der Waals surface area (Å²) in [6.45, 7) is 0.368. The van der Waals surface area contributed by atoms with Crippen molar-refractivity contribution >= 4 is 23.2 Å². The SMILES string of the molecule is O=C(CCCOc1ccc(Cl)cc1)Nc1ccc(F)c(F)c1. The van der Waals surface area contributed by atoms with Gasteiger partial charge >= 0.3 is 0 Å². The lowest BCUT2D eigenvalue weighted by Gasteiger charge is -2.07. The highest BCUT2D eigenvalue weighted by atomic mass is 35.5. The highest BCUT2D eigenvalue weighted by Gasteiger charge is 2.06. The molecule has 3 nitrogen and oxygen atoms in total. The van der Waals surface area contributed by atoms with Gasteiger partial charge in [0, 0.05) is 23.2 Å². The van der Waals surface area contributed by atoms with Gasteiger partial charge in [-0.15, -0.1) is 0 Å². The molecule has 0 aromatic heterocycles. The quantitative estimate of drug-likeness (QED) is 0.799. The van der Waals surface area contributed by atoms with Crippen LogP contribution in [0.3, 0.4) is 0 Å². The minimum Gasteiger partial charge on any atom is -0.494 e. The molecule has 0 saturated heterocycles. The van der Waals surface area contributed by atoms with Crippen molar-refractivity contribution in [3.05, 3.63) is 59.1 Å². The predicted molar refractivity (Wildman–Crippen MR) is 81.2 cm³/mol. The molecule has 0 spiro atoms. The van der Waals surface area contributed by atoms with Crippen LogP contribution in [0.15, 0.2) is 42.5 Å². The molecule has 0 bridgehead atoms. The van der Waals surface area contributed by atoms with Crippen LogP contribution in [0.5, 0.6) is 5.75 Å². The number of hydrogen-bond donors (Lipinski definition) is 1. The maximum atomic E-state index is 13.0. The molecule has 2 aromatic rings. The summed E-state index contributed by atoms with van der Waals surface area (Å²) in [6, 6.07) is 10.1. The summed E-state index contributed by atoms with van der Waals surface area (Å²) in [6.07, 6.45) is 0.713. The monoisotopic (exact) mass is 325 g/mol. The van der Waals surface area contributed by atoms with Crippen LogP contribution in [0, 0.1) is 11.6 Å². The first kappa shape index (κ1) is 16.2. The zero-order chi connectivity index (χ0) is 15.9. The van der Waals surface area contributed by atoms with Gasteiger partial charge in [0.2, 0.25) is 5.91 Å². The fraction of sp³-hybridized carbons (Fsp3) is 0.188. The molecule has 0 aliphatic heterocycles. The first-order chi connectivity index (χ1) is 10.5. The van der Waals surface area contributed by atoms with Gasteiger partial charge in [-0.3, -0.25) is 4.79 Å². The summed E-state index contributed by atoms with van der Waals surface area (Å²) < 4.78 is 31.2. The first-order valence-electron chi connectivity index (χ1n) is 6.68. The van der Waals surface area contributed by atoms with Crippen molar-refractivity contribution in [3.8, 4) is 5.75 Å². The number of rotatable bonds is 6. The Balaban J connectivity index is 1.71. The molecule has 0 aliphatic carbocycles. The van der Waals surface area contributed by atoms with E-state index < -0.39 is 11.6 Å². The molecule has 0 atom stereocenters. The Morgan fingerprint density at radius 2 is 1.82 bits per heavy atom. The topological polar surface area (TPSA) is 38.3 Å². The van der Waals surface area contributed by atoms with E-state index in [4.69, 9.17) is 16.3 Å². The lowest BCUT2D eigenvalue weighted by atomic mass is 10.2. The van der Waals surface area contributed by atoms with Crippen molar-refractivity contribution in [1.82, 2.24) is 0 Å². The Morgan fingerprint density at radius 3 is 2.50 bits per heavy atom. The maximum Gasteiger partial charge on any atom is 0.224 e. The van der Waals surface area contributed by atoms with Crippen LogP contribution in [0.4, 0.5) is 14.5 Å². The highest BCUT2D eigenvalue weighted by Crippen LogP contribution is 2.16. The molecule has 0 saturated carbocycles. The average Bonchev–Trinajstić information content (AvgIpc) is 2.49. The fourth-order valence-electron chi connectivity index (χ4n) is 1.75. The van der Waals surface area contributed by atoms with Crippen molar-refractivity contribution < 1.29 is 18.3 Å². The Morgan fingerprint density at radius 1 is 1.09 bits per heavy atom. The molecule has 0 radical (unpaired) electrons. The second kappa shape index (κ2) is 7.75. The van der Waals surface area contributed by atoms with E-state index in [0.29, 0.717) is 23.8 Å². The van der Waals surface area contributed by atoms with Crippen LogP contribution in [-0.4, -0.2) is 12.5 Å². The Hall–Kier alpha value is -2.14. The molecule has 116 valence electrons. The third-order valence-corrected chi connectivity index (χ3v) is 3.09. The molecule has 0 unspecified atom stereocenters. The second-order valence-electron chi connectivity index (χ2n) is 4.58. The van der Waals surface area contributed by atoms with Gasteiger partial charge in [-0.25, -0.2) is 8.78 Å². The number of benzene rings is 2. The summed E-state index contributed by atoms with van der Waals surface area (Å²) in [5.74, 6) is -1.56. The second-order valence-corrected chi connectivity index (χ2v) is 5.02. The van der Waals surface area contributed by atoms with E-state index in [1.54, 1.807) is 24.3 Å². The standard InChI is InChI=1S/C16H14ClF2NO2/c17-11-3-6-13(7-4-11)22-9-1-2-16(21)20-12-5-8-14(18)15(19)10-12/h3-8,10H,1-2,9H2,(H,20,21). The highest BCUT2D eigenvalue weighted by molar-refractivity contribution is 6.30. The summed E-state index contributed by atoms with van der Waals surface area (Å²) in [5, 5.41) is 3.12. The number of ether oxygens (including phenoxy) is 1. The molecule has 1 N–H and O–H groups in total. The fourth-order valence-corrected chi connectivity index (χ4v) is 1.88. The molecule has 2 rings (SSSR count). The van der Waals surface area contributed by atoms with Gasteiger partial charge in [0.25, 0.3) is 0 Å². The van der Waals surface area contributed by atoms with E-state index in [1.165, 1.54) is 6.07 Å². The Kier molecular flexibility index (Phi) is 5.72. The number of halogens is 3. The number of anilines is 1. The van der Waals surface area contributed by atoms with E-state index in [9.17, 15) is 13.6 Å². The number of carbonyl (C=O) groups excluding carboxylic acids is 1. The van der Waals surface area contributed by atoms with Crippen molar-refractivity contribution in [2.45, 2.75) is 12.8 Å². The van der Waals surface area contributed by atoms with Crippen molar-refractivity contribution in [2.75, 3.05) is 11.9 Å². The van der Waals surface area contributed by atoms with Gasteiger partial charge in [-0.1, -0.05) is 11.6 Å². The third kappa shape index (κ3) is 5.00. The van der Waals surface area contributed by atoms with Gasteiger partial charge in [0.1, 0.15) is 5.75 Å². The van der Waals surface area contributed by atoms with E-state index in [-0.39, 0.29) is 18.0 Å². The molecule has 22 heavy (non-hydrogen) atoms. The van der Waals surface area contributed by atoms with E-state index in [1.807, 2.05) is 0 Å². The zero-order valence-corrected chi connectivity index (χ0v) is 12.4. The minimum absolute atomic E-state index is 0.215. The molecule has 0 aliphatic rings. The first-order valence-corrected chi connectivity index (χ1v) is 7.05. The Labute approximate surface area is 131 Å². The van der Waals surface area contributed by atoms with Gasteiger partial charge in [0.15, 0.2) is 11.6 Å². The van der Waals surface area contributed by atoms with Gasteiger partial charge in [-0.05, 0) is 42.8 Å². The van der Waals surface area contributed by atoms with Crippen LogP contribution in [0.25, 0.3) is 0 Å². The third-order valence-electron chi connectivity index (χ3n) is 2.83. The summed E-state index contributed by atoms with van der Waals surface area (Å²) in [7, 11) is 0. The number of hydrogen-bond acceptors (Lipinski definition) is 2. The molecule has 0 fully saturated rings. The minimum atomic E-state index is -0.996. The number of amides is 1. The zero-order valence-electron chi connectivity index (χ0n) is 11.6. The van der Waals surface area contributed by atoms with Gasteiger partial charge in [-0.2, -0.15) is 0 Å². The van der Waals surface area contributed by atoms with E-state index >= 15 is 0 Å². The van der Waals surface area contributed by atoms with Crippen LogP contribution in [-0.2, 0) is 4.79 Å². The lowest BCUT2D eigenvalue weighted by Crippen LogP contribution is -2.13. The normalized spacial score (nSPS) is 10.3. The van der Waals surface area contributed by atoms with E-state index in [0.717, 1.165) is 12.1 Å².